The van der Waals surface area contributed by atoms with Crippen molar-refractivity contribution in [2.24, 2.45) is 5.92 Å². The summed E-state index contributed by atoms with van der Waals surface area (Å²) in [6.45, 7) is 4.33. The topological polar surface area (TPSA) is 66.5 Å². The van der Waals surface area contributed by atoms with Crippen molar-refractivity contribution in [1.29, 1.82) is 0 Å². The molecule has 1 heterocycles. The Labute approximate surface area is 82.4 Å². The smallest absolute Gasteiger partial charge is 0.312 e. The summed E-state index contributed by atoms with van der Waals surface area (Å²) >= 11 is 0. The number of carbonyl (C=O) groups excluding carboxylic acids is 3. The summed E-state index contributed by atoms with van der Waals surface area (Å²) in [7, 11) is 0. The number of carbonyl (C=O) groups is 3. The zero-order chi connectivity index (χ0) is 10.7. The Morgan fingerprint density at radius 1 is 1.57 bits per heavy atom. The largest absolute Gasteiger partial charge is 0.346 e. The Morgan fingerprint density at radius 3 is 2.71 bits per heavy atom. The van der Waals surface area contributed by atoms with Gasteiger partial charge in [0.25, 0.3) is 0 Å². The summed E-state index contributed by atoms with van der Waals surface area (Å²) in [6.07, 6.45) is 0.645. The number of aldehydes is 1. The average Bonchev–Trinajstić information content (AvgIpc) is 2.13. The van der Waals surface area contributed by atoms with Crippen molar-refractivity contribution < 1.29 is 14.4 Å². The molecule has 1 saturated heterocycles. The van der Waals surface area contributed by atoms with Crippen LogP contribution in [0.2, 0.25) is 0 Å². The molecule has 0 aliphatic carbocycles. The van der Waals surface area contributed by atoms with E-state index in [0.29, 0.717) is 12.8 Å². The molecule has 1 aliphatic rings. The van der Waals surface area contributed by atoms with E-state index >= 15 is 0 Å². The van der Waals surface area contributed by atoms with Crippen molar-refractivity contribution in [2.75, 3.05) is 13.1 Å². The maximum atomic E-state index is 11.4. The zero-order valence-corrected chi connectivity index (χ0v) is 8.32. The minimum atomic E-state index is -0.622. The first-order valence-corrected chi connectivity index (χ1v) is 4.60. The molecule has 0 aromatic rings. The van der Waals surface area contributed by atoms with E-state index in [1.165, 1.54) is 4.90 Å². The summed E-state index contributed by atoms with van der Waals surface area (Å²) in [5, 5.41) is 2.51. The zero-order valence-electron chi connectivity index (χ0n) is 8.32. The first kappa shape index (κ1) is 10.7. The maximum Gasteiger partial charge on any atom is 0.312 e. The molecule has 1 unspecified atom stereocenters. The lowest BCUT2D eigenvalue weighted by Gasteiger charge is -2.36. The Hall–Kier alpha value is -1.39. The highest BCUT2D eigenvalue weighted by Gasteiger charge is 2.34. The highest BCUT2D eigenvalue weighted by molar-refractivity contribution is 6.35. The third-order valence-electron chi connectivity index (χ3n) is 2.37. The fourth-order valence-corrected chi connectivity index (χ4v) is 1.56. The lowest BCUT2D eigenvalue weighted by atomic mass is 10.0. The predicted octanol–water partition coefficient (Wildman–Crippen LogP) is -0.832. The van der Waals surface area contributed by atoms with Crippen LogP contribution in [0.3, 0.4) is 0 Å². The van der Waals surface area contributed by atoms with Crippen molar-refractivity contribution in [3.8, 4) is 0 Å². The molecule has 1 fully saturated rings. The fourth-order valence-electron chi connectivity index (χ4n) is 1.56. The number of hydrogen-bond donors (Lipinski definition) is 1. The van der Waals surface area contributed by atoms with E-state index in [1.54, 1.807) is 0 Å². The molecular formula is C9H14N2O3. The molecule has 0 bridgehead atoms. The normalized spacial score (nSPS) is 22.5. The second-order valence-corrected chi connectivity index (χ2v) is 3.65. The minimum Gasteiger partial charge on any atom is -0.346 e. The second kappa shape index (κ2) is 4.21. The van der Waals surface area contributed by atoms with E-state index in [2.05, 4.69) is 5.32 Å². The molecule has 5 nitrogen and oxygen atoms in total. The van der Waals surface area contributed by atoms with Gasteiger partial charge in [0.2, 0.25) is 0 Å². The van der Waals surface area contributed by atoms with Crippen molar-refractivity contribution in [3.63, 3.8) is 0 Å². The molecule has 1 N–H and O–H groups in total. The average molecular weight is 198 g/mol. The Balaban J connectivity index is 2.81. The highest BCUT2D eigenvalue weighted by Crippen LogP contribution is 2.13. The van der Waals surface area contributed by atoms with E-state index in [0.717, 1.165) is 0 Å². The minimum absolute atomic E-state index is 0.00486. The van der Waals surface area contributed by atoms with Gasteiger partial charge in [0.1, 0.15) is 6.29 Å². The third-order valence-corrected chi connectivity index (χ3v) is 2.37. The number of piperazine rings is 1. The van der Waals surface area contributed by atoms with Gasteiger partial charge in [-0.3, -0.25) is 9.59 Å². The van der Waals surface area contributed by atoms with Crippen LogP contribution in [-0.4, -0.2) is 42.1 Å². The van der Waals surface area contributed by atoms with Gasteiger partial charge >= 0.3 is 11.8 Å². The molecule has 0 radical (unpaired) electrons. The SMILES string of the molecule is CC(C)C1CNC(=O)C(=O)N1CC=O. The molecular weight excluding hydrogens is 184 g/mol. The van der Waals surface area contributed by atoms with Crippen molar-refractivity contribution in [3.05, 3.63) is 0 Å². The number of rotatable bonds is 3. The monoisotopic (exact) mass is 198 g/mol. The summed E-state index contributed by atoms with van der Waals surface area (Å²) in [6, 6.07) is -0.0783. The molecule has 2 amide bonds. The molecule has 14 heavy (non-hydrogen) atoms. The molecule has 5 heteroatoms. The van der Waals surface area contributed by atoms with Gasteiger partial charge in [-0.15, -0.1) is 0 Å². The standard InChI is InChI=1S/C9H14N2O3/c1-6(2)7-5-10-8(13)9(14)11(7)3-4-12/h4,6-7H,3,5H2,1-2H3,(H,10,13). The number of amides is 2. The molecule has 0 saturated carbocycles. The van der Waals surface area contributed by atoms with Crippen molar-refractivity contribution in [1.82, 2.24) is 10.2 Å². The van der Waals surface area contributed by atoms with E-state index < -0.39 is 11.8 Å². The highest BCUT2D eigenvalue weighted by atomic mass is 16.2. The van der Waals surface area contributed by atoms with Gasteiger partial charge in [0.15, 0.2) is 0 Å². The third kappa shape index (κ3) is 1.92. The summed E-state index contributed by atoms with van der Waals surface area (Å²) < 4.78 is 0. The summed E-state index contributed by atoms with van der Waals surface area (Å²) in [4.78, 5) is 34.1. The molecule has 78 valence electrons. The fraction of sp³-hybridized carbons (Fsp3) is 0.667. The van der Waals surface area contributed by atoms with Crippen LogP contribution in [0.25, 0.3) is 0 Å². The number of hydrogen-bond acceptors (Lipinski definition) is 3. The molecule has 0 spiro atoms. The van der Waals surface area contributed by atoms with Gasteiger partial charge < -0.3 is 15.0 Å². The molecule has 1 atom stereocenters. The lowest BCUT2D eigenvalue weighted by molar-refractivity contribution is -0.151. The van der Waals surface area contributed by atoms with Crippen LogP contribution in [0.1, 0.15) is 13.8 Å². The Morgan fingerprint density at radius 2 is 2.21 bits per heavy atom. The van der Waals surface area contributed by atoms with E-state index in [-0.39, 0.29) is 18.5 Å². The van der Waals surface area contributed by atoms with Gasteiger partial charge in [-0.1, -0.05) is 13.8 Å². The van der Waals surface area contributed by atoms with Gasteiger partial charge in [0.05, 0.1) is 12.6 Å². The Kier molecular flexibility index (Phi) is 3.22. The maximum absolute atomic E-state index is 11.4. The summed E-state index contributed by atoms with van der Waals surface area (Å²) in [5.41, 5.74) is 0. The first-order valence-electron chi connectivity index (χ1n) is 4.60. The van der Waals surface area contributed by atoms with Crippen LogP contribution in [0.5, 0.6) is 0 Å². The first-order chi connectivity index (χ1) is 6.57. The lowest BCUT2D eigenvalue weighted by Crippen LogP contribution is -2.60. The van der Waals surface area contributed by atoms with Crippen LogP contribution >= 0.6 is 0 Å². The second-order valence-electron chi connectivity index (χ2n) is 3.65. The van der Waals surface area contributed by atoms with E-state index in [9.17, 15) is 14.4 Å². The summed E-state index contributed by atoms with van der Waals surface area (Å²) in [5.74, 6) is -1.01. The van der Waals surface area contributed by atoms with Crippen LogP contribution < -0.4 is 5.32 Å². The molecule has 0 aromatic heterocycles. The number of nitrogens with one attached hydrogen (secondary N) is 1. The van der Waals surface area contributed by atoms with Gasteiger partial charge in [-0.25, -0.2) is 0 Å². The molecule has 0 aromatic carbocycles. The number of nitrogens with zero attached hydrogens (tertiary/aromatic N) is 1. The van der Waals surface area contributed by atoms with Gasteiger partial charge in [-0.2, -0.15) is 0 Å². The predicted molar refractivity (Wildman–Crippen MR) is 49.4 cm³/mol. The van der Waals surface area contributed by atoms with Gasteiger partial charge in [-0.05, 0) is 5.92 Å². The molecule has 1 aliphatic heterocycles. The van der Waals surface area contributed by atoms with Crippen LogP contribution in [-0.2, 0) is 14.4 Å². The van der Waals surface area contributed by atoms with Crippen molar-refractivity contribution >= 4 is 18.1 Å². The van der Waals surface area contributed by atoms with Crippen LogP contribution in [0.4, 0.5) is 0 Å². The van der Waals surface area contributed by atoms with Crippen LogP contribution in [0.15, 0.2) is 0 Å². The quantitative estimate of drug-likeness (QED) is 0.475. The van der Waals surface area contributed by atoms with Crippen LogP contribution in [0, 0.1) is 5.92 Å². The molecule has 1 rings (SSSR count). The van der Waals surface area contributed by atoms with E-state index in [4.69, 9.17) is 0 Å². The Bertz CT molecular complexity index is 263. The van der Waals surface area contributed by atoms with Crippen molar-refractivity contribution in [2.45, 2.75) is 19.9 Å². The van der Waals surface area contributed by atoms with Gasteiger partial charge in [0, 0.05) is 6.54 Å². The van der Waals surface area contributed by atoms with E-state index in [1.807, 2.05) is 13.8 Å².